The van der Waals surface area contributed by atoms with E-state index in [1.165, 1.54) is 18.4 Å². The number of hydrogen-bond acceptors (Lipinski definition) is 3. The molecule has 0 amide bonds. The normalized spacial score (nSPS) is 8.69. The molecular weight excluding hydrogens is 429 g/mol. The summed E-state index contributed by atoms with van der Waals surface area (Å²) in [5.74, 6) is -1.30. The summed E-state index contributed by atoms with van der Waals surface area (Å²) in [7, 11) is 0. The molecule has 1 rings (SSSR count). The van der Waals surface area contributed by atoms with Gasteiger partial charge in [-0.3, -0.25) is 9.78 Å². The van der Waals surface area contributed by atoms with E-state index in [0.29, 0.717) is 0 Å². The van der Waals surface area contributed by atoms with Gasteiger partial charge in [-0.2, -0.15) is 6.07 Å². The second-order valence-electron chi connectivity index (χ2n) is 1.94. The van der Waals surface area contributed by atoms with Crippen LogP contribution in [0.15, 0.2) is 12.1 Å². The molecule has 0 atom stereocenters. The molecule has 0 fully saturated rings. The van der Waals surface area contributed by atoms with Gasteiger partial charge in [0.1, 0.15) is 5.15 Å². The number of carbonyl (C=O) groups excluding carboxylic acids is 1. The first-order valence-electron chi connectivity index (χ1n) is 2.93. The number of pyridine rings is 1. The zero-order chi connectivity index (χ0) is 9.14. The molecule has 1 N–H and O–H groups in total. The maximum Gasteiger partial charge on any atom is 0.297 e. The molecule has 0 saturated heterocycles. The van der Waals surface area contributed by atoms with Crippen molar-refractivity contribution in [3.63, 3.8) is 0 Å². The molecule has 0 unspecified atom stereocenters. The van der Waals surface area contributed by atoms with Crippen molar-refractivity contribution in [3.05, 3.63) is 28.5 Å². The van der Waals surface area contributed by atoms with Crippen molar-refractivity contribution in [1.29, 1.82) is 0 Å². The number of aromatic nitrogens is 1. The van der Waals surface area contributed by atoms with E-state index in [4.69, 9.17) is 16.7 Å². The Kier molecular flexibility index (Phi) is 3.11. The van der Waals surface area contributed by atoms with Crippen molar-refractivity contribution < 1.29 is 14.7 Å². The number of nitrogens with zero attached hydrogens (tertiary/aromatic N) is 1. The Morgan fingerprint density at radius 1 is 1.54 bits per heavy atom. The van der Waals surface area contributed by atoms with Gasteiger partial charge in [-0.25, -0.2) is 0 Å². The quantitative estimate of drug-likeness (QED) is 0.558. The monoisotopic (exact) mass is 427 g/mol. The van der Waals surface area contributed by atoms with Gasteiger partial charge in [0.25, 0.3) is 5.97 Å². The first-order valence-corrected chi connectivity index (χ1v) is 3.31. The predicted octanol–water partition coefficient (Wildman–Crippen LogP) is 0.891. The molecule has 4 nitrogen and oxygen atoms in total. The van der Waals surface area contributed by atoms with Crippen molar-refractivity contribution >= 4 is 23.9 Å². The van der Waals surface area contributed by atoms with E-state index in [1.807, 2.05) is 0 Å². The molecule has 1 heterocycles. The van der Waals surface area contributed by atoms with Crippen LogP contribution >= 0.6 is 11.6 Å². The topological polar surface area (TPSA) is 67.3 Å². The summed E-state index contributed by atoms with van der Waals surface area (Å²) in [6, 6.07) is 2.58. The van der Waals surface area contributed by atoms with Crippen LogP contribution in [-0.4, -0.2) is 22.3 Å². The smallest absolute Gasteiger partial charge is 0.297 e. The van der Waals surface area contributed by atoms with Crippen LogP contribution in [0.4, 0.5) is 0 Å². The number of rotatable bonds is 2. The summed E-state index contributed by atoms with van der Waals surface area (Å²) in [5, 5.41) is 8.55. The molecule has 1 aromatic rings. The molecule has 0 aromatic carbocycles. The minimum atomic E-state index is -1.30. The molecular formula is C7H3ClCmNO3-. The van der Waals surface area contributed by atoms with E-state index in [1.54, 1.807) is 0 Å². The summed E-state index contributed by atoms with van der Waals surface area (Å²) in [5.41, 5.74) is -0.482. The van der Waals surface area contributed by atoms with Crippen LogP contribution in [0.25, 0.3) is 0 Å². The van der Waals surface area contributed by atoms with Crippen LogP contribution in [0.1, 0.15) is 16.1 Å². The molecule has 6 heteroatoms. The van der Waals surface area contributed by atoms with E-state index in [0.717, 1.165) is 0 Å². The van der Waals surface area contributed by atoms with Gasteiger partial charge >= 0.3 is 0 Å². The SMILES string of the molecule is O=[C-]c1ccc(Cl)nc1C(=O)O.[Cm]. The molecule has 0 radical (unpaired) electrons. The molecule has 0 spiro atoms. The Balaban J connectivity index is 0.00000144. The Morgan fingerprint density at radius 2 is 2.15 bits per heavy atom. The summed E-state index contributed by atoms with van der Waals surface area (Å²) in [6.45, 7) is 0. The van der Waals surface area contributed by atoms with Gasteiger partial charge in [-0.1, -0.05) is 17.7 Å². The number of halogens is 1. The van der Waals surface area contributed by atoms with Gasteiger partial charge in [-0.15, -0.1) is 5.56 Å². The van der Waals surface area contributed by atoms with E-state index in [-0.39, 0.29) is 16.4 Å². The first kappa shape index (κ1) is 10.6. The van der Waals surface area contributed by atoms with Gasteiger partial charge < -0.3 is 9.90 Å². The molecule has 1 aromatic heterocycles. The predicted molar refractivity (Wildman–Crippen MR) is 41.0 cm³/mol. The molecule has 0 aliphatic rings. The minimum Gasteiger partial charge on any atom is -0.486 e. The van der Waals surface area contributed by atoms with Crippen molar-refractivity contribution in [3.8, 4) is 0 Å². The van der Waals surface area contributed by atoms with Crippen molar-refractivity contribution in [1.82, 2.24) is 4.98 Å². The average molecular weight is 432 g/mol. The van der Waals surface area contributed by atoms with Crippen molar-refractivity contribution in [2.24, 2.45) is 0 Å². The van der Waals surface area contributed by atoms with Crippen LogP contribution in [0.5, 0.6) is 0 Å². The van der Waals surface area contributed by atoms with E-state index >= 15 is 0 Å². The fourth-order valence-electron chi connectivity index (χ4n) is 0.681. The van der Waals surface area contributed by atoms with Crippen molar-refractivity contribution in [2.75, 3.05) is 0 Å². The van der Waals surface area contributed by atoms with Crippen LogP contribution < -0.4 is 0 Å². The van der Waals surface area contributed by atoms with Gasteiger partial charge in [0.15, 0.2) is 0 Å². The Labute approximate surface area is 72.8 Å². The third-order valence-corrected chi connectivity index (χ3v) is 1.38. The minimum absolute atomic E-state index is 0. The molecule has 0 saturated carbocycles. The number of hydrogen-bond donors (Lipinski definition) is 1. The van der Waals surface area contributed by atoms with Crippen LogP contribution in [0, 0.1) is 0 Å². The Hall–Kier alpha value is -2.42. The van der Waals surface area contributed by atoms with Crippen LogP contribution in [0.3, 0.4) is 0 Å². The first-order chi connectivity index (χ1) is 5.65. The summed E-state index contributed by atoms with van der Waals surface area (Å²) < 4.78 is 0. The zero-order valence-electron chi connectivity index (χ0n) is 6.10. The van der Waals surface area contributed by atoms with Crippen LogP contribution in [0.2, 0.25) is 5.15 Å². The number of aromatic carboxylic acids is 1. The largest absolute Gasteiger partial charge is 0.486 e. The average Bonchev–Trinajstić information content (AvgIpc) is 2.04. The van der Waals surface area contributed by atoms with Crippen LogP contribution in [-0.2, 0) is 4.79 Å². The molecule has 0 bridgehead atoms. The van der Waals surface area contributed by atoms with E-state index in [9.17, 15) is 9.59 Å². The third-order valence-electron chi connectivity index (χ3n) is 1.17. The van der Waals surface area contributed by atoms with Gasteiger partial charge in [0.2, 0.25) is 0 Å². The third kappa shape index (κ3) is 2.00. The second kappa shape index (κ2) is 3.82. The zero-order valence-corrected chi connectivity index (χ0v) is 9.80. The van der Waals surface area contributed by atoms with Crippen molar-refractivity contribution in [2.45, 2.75) is 0 Å². The number of carboxylic acids is 1. The van der Waals surface area contributed by atoms with E-state index in [2.05, 4.69) is 4.98 Å². The van der Waals surface area contributed by atoms with Gasteiger partial charge in [0, 0.05) is 5.69 Å². The number of carboxylic acid groups (broad SMARTS) is 1. The second-order valence-corrected chi connectivity index (χ2v) is 2.32. The standard InChI is InChI=1S/C7H3ClNO3.Cm/c8-5-2-1-4(3-10)6(9-5)7(11)12;/h1-2H,(H,11,12);/q-1;. The fourth-order valence-corrected chi connectivity index (χ4v) is 0.828. The fraction of sp³-hybridized carbons (Fsp3) is 0. The summed E-state index contributed by atoms with van der Waals surface area (Å²) in [4.78, 5) is 24.1. The maximum atomic E-state index is 10.4. The summed E-state index contributed by atoms with van der Waals surface area (Å²) >= 11 is 5.41. The Morgan fingerprint density at radius 3 is 2.62 bits per heavy atom. The molecule has 13 heavy (non-hydrogen) atoms. The van der Waals surface area contributed by atoms with E-state index < -0.39 is 5.97 Å². The molecule has 0 aliphatic carbocycles. The van der Waals surface area contributed by atoms with Gasteiger partial charge in [-0.05, 0) is 0 Å². The summed E-state index contributed by atoms with van der Waals surface area (Å²) in [6.07, 6.45) is 1.45. The molecule has 0 aliphatic heterocycles. The molecule has 70 valence electrons. The number of carbonyl (C=O) groups is 1. The van der Waals surface area contributed by atoms with Gasteiger partial charge in [0.05, 0.1) is 6.29 Å². The maximum absolute atomic E-state index is 10.4. The Bertz CT molecular complexity index is 343.